The van der Waals surface area contributed by atoms with Crippen molar-refractivity contribution in [3.8, 4) is 0 Å². The van der Waals surface area contributed by atoms with Gasteiger partial charge in [-0.05, 0) is 73.8 Å². The van der Waals surface area contributed by atoms with E-state index in [0.29, 0.717) is 5.92 Å². The van der Waals surface area contributed by atoms with Gasteiger partial charge in [0, 0.05) is 6.07 Å². The maximum absolute atomic E-state index is 13.9. The largest absolute Gasteiger partial charge is 0.304 e. The lowest BCUT2D eigenvalue weighted by molar-refractivity contribution is -0.387. The zero-order valence-electron chi connectivity index (χ0n) is 15.3. The monoisotopic (exact) mass is 347 g/mol. The standard InChI is InChI=1S/C21H30FNO2/c1-2-3-15-4-6-16(7-5-15)17-8-10-18(11-9-17)19-12-13-21(23(24)25)20(22)14-19/h12-18H,2-11H2,1H3/t15-,16-,17-,18-. The molecule has 2 saturated carbocycles. The van der Waals surface area contributed by atoms with Crippen molar-refractivity contribution in [2.75, 3.05) is 0 Å². The van der Waals surface area contributed by atoms with E-state index in [4.69, 9.17) is 0 Å². The van der Waals surface area contributed by atoms with E-state index in [-0.39, 0.29) is 0 Å². The molecule has 3 rings (SSSR count). The van der Waals surface area contributed by atoms with Crippen LogP contribution < -0.4 is 0 Å². The van der Waals surface area contributed by atoms with Crippen LogP contribution in [0.25, 0.3) is 0 Å². The van der Waals surface area contributed by atoms with Gasteiger partial charge >= 0.3 is 5.69 Å². The van der Waals surface area contributed by atoms with E-state index in [9.17, 15) is 14.5 Å². The van der Waals surface area contributed by atoms with Crippen LogP contribution >= 0.6 is 0 Å². The first kappa shape index (κ1) is 18.3. The minimum Gasteiger partial charge on any atom is -0.258 e. The van der Waals surface area contributed by atoms with Crippen molar-refractivity contribution in [3.63, 3.8) is 0 Å². The zero-order valence-corrected chi connectivity index (χ0v) is 15.3. The Balaban J connectivity index is 1.52. The fourth-order valence-corrected chi connectivity index (χ4v) is 5.21. The lowest BCUT2D eigenvalue weighted by atomic mass is 9.68. The highest BCUT2D eigenvalue weighted by molar-refractivity contribution is 5.36. The van der Waals surface area contributed by atoms with Crippen LogP contribution in [0.15, 0.2) is 18.2 Å². The quantitative estimate of drug-likeness (QED) is 0.444. The minimum atomic E-state index is -0.695. The van der Waals surface area contributed by atoms with Gasteiger partial charge in [0.15, 0.2) is 0 Å². The average Bonchev–Trinajstić information content (AvgIpc) is 2.62. The summed E-state index contributed by atoms with van der Waals surface area (Å²) < 4.78 is 13.9. The van der Waals surface area contributed by atoms with E-state index < -0.39 is 16.4 Å². The van der Waals surface area contributed by atoms with Crippen molar-refractivity contribution in [3.05, 3.63) is 39.7 Å². The fourth-order valence-electron chi connectivity index (χ4n) is 5.21. The van der Waals surface area contributed by atoms with Crippen LogP contribution in [0.2, 0.25) is 0 Å². The third-order valence-electron chi connectivity index (χ3n) is 6.67. The van der Waals surface area contributed by atoms with Gasteiger partial charge in [-0.1, -0.05) is 38.7 Å². The van der Waals surface area contributed by atoms with E-state index >= 15 is 0 Å². The number of nitrogens with zero attached hydrogens (tertiary/aromatic N) is 1. The molecule has 1 aromatic rings. The summed E-state index contributed by atoms with van der Waals surface area (Å²) in [5.74, 6) is 2.35. The number of nitro benzene ring substituents is 1. The molecule has 0 aliphatic heterocycles. The molecule has 0 radical (unpaired) electrons. The average molecular weight is 347 g/mol. The highest BCUT2D eigenvalue weighted by Crippen LogP contribution is 2.44. The molecule has 2 aliphatic rings. The normalized spacial score (nSPS) is 30.2. The first-order valence-electron chi connectivity index (χ1n) is 10.0. The Morgan fingerprint density at radius 1 is 1.04 bits per heavy atom. The Kier molecular flexibility index (Phi) is 6.08. The van der Waals surface area contributed by atoms with Crippen LogP contribution in [0, 0.1) is 33.7 Å². The summed E-state index contributed by atoms with van der Waals surface area (Å²) >= 11 is 0. The zero-order chi connectivity index (χ0) is 17.8. The van der Waals surface area contributed by atoms with Crippen LogP contribution in [0.1, 0.15) is 82.6 Å². The van der Waals surface area contributed by atoms with Crippen molar-refractivity contribution in [1.82, 2.24) is 0 Å². The first-order valence-corrected chi connectivity index (χ1v) is 10.0. The number of hydrogen-bond donors (Lipinski definition) is 0. The summed E-state index contributed by atoms with van der Waals surface area (Å²) in [6.07, 6.45) is 13.0. The predicted octanol–water partition coefficient (Wildman–Crippen LogP) is 6.61. The van der Waals surface area contributed by atoms with Crippen LogP contribution in [0.4, 0.5) is 10.1 Å². The molecule has 0 saturated heterocycles. The van der Waals surface area contributed by atoms with Crippen molar-refractivity contribution in [2.24, 2.45) is 17.8 Å². The van der Waals surface area contributed by atoms with Gasteiger partial charge in [0.25, 0.3) is 0 Å². The molecule has 0 bridgehead atoms. The lowest BCUT2D eigenvalue weighted by Crippen LogP contribution is -2.25. The topological polar surface area (TPSA) is 43.1 Å². The Morgan fingerprint density at radius 2 is 1.64 bits per heavy atom. The predicted molar refractivity (Wildman–Crippen MR) is 98.1 cm³/mol. The molecule has 4 heteroatoms. The van der Waals surface area contributed by atoms with Gasteiger partial charge < -0.3 is 0 Å². The molecule has 0 heterocycles. The second-order valence-corrected chi connectivity index (χ2v) is 8.15. The van der Waals surface area contributed by atoms with E-state index in [1.54, 1.807) is 6.07 Å². The molecule has 0 unspecified atom stereocenters. The first-order chi connectivity index (χ1) is 12.1. The second kappa shape index (κ2) is 8.29. The summed E-state index contributed by atoms with van der Waals surface area (Å²) in [5.41, 5.74) is 0.523. The van der Waals surface area contributed by atoms with Gasteiger partial charge in [-0.2, -0.15) is 4.39 Å². The molecule has 0 amide bonds. The van der Waals surface area contributed by atoms with Crippen LogP contribution in [-0.2, 0) is 0 Å². The van der Waals surface area contributed by atoms with Crippen LogP contribution in [0.3, 0.4) is 0 Å². The maximum Gasteiger partial charge on any atom is 0.304 e. The molecule has 0 N–H and O–H groups in total. The molecule has 138 valence electrons. The van der Waals surface area contributed by atoms with E-state index in [2.05, 4.69) is 6.92 Å². The summed E-state index contributed by atoms with van der Waals surface area (Å²) in [7, 11) is 0. The number of nitro groups is 1. The summed E-state index contributed by atoms with van der Waals surface area (Å²) in [4.78, 5) is 10.1. The Labute approximate surface area is 150 Å². The van der Waals surface area contributed by atoms with E-state index in [1.165, 1.54) is 63.5 Å². The summed E-state index contributed by atoms with van der Waals surface area (Å²) in [5, 5.41) is 10.8. The molecule has 25 heavy (non-hydrogen) atoms. The summed E-state index contributed by atoms with van der Waals surface area (Å²) in [6, 6.07) is 4.47. The van der Waals surface area contributed by atoms with Crippen molar-refractivity contribution < 1.29 is 9.31 Å². The second-order valence-electron chi connectivity index (χ2n) is 8.15. The van der Waals surface area contributed by atoms with Gasteiger partial charge in [-0.15, -0.1) is 0 Å². The lowest BCUT2D eigenvalue weighted by Gasteiger charge is -2.38. The maximum atomic E-state index is 13.9. The highest BCUT2D eigenvalue weighted by Gasteiger charge is 2.31. The van der Waals surface area contributed by atoms with Crippen molar-refractivity contribution in [1.29, 1.82) is 0 Å². The van der Waals surface area contributed by atoms with Crippen molar-refractivity contribution >= 4 is 5.69 Å². The Bertz CT molecular complexity index is 588. The number of rotatable bonds is 5. The Morgan fingerprint density at radius 3 is 2.16 bits per heavy atom. The van der Waals surface area contributed by atoms with Crippen LogP contribution in [-0.4, -0.2) is 4.92 Å². The Hall–Kier alpha value is -1.45. The molecule has 0 aromatic heterocycles. The van der Waals surface area contributed by atoms with Crippen LogP contribution in [0.5, 0.6) is 0 Å². The van der Waals surface area contributed by atoms with E-state index in [0.717, 1.165) is 36.2 Å². The molecule has 2 aliphatic carbocycles. The molecule has 2 fully saturated rings. The smallest absolute Gasteiger partial charge is 0.258 e. The third kappa shape index (κ3) is 4.39. The van der Waals surface area contributed by atoms with Gasteiger partial charge in [0.1, 0.15) is 0 Å². The molecule has 1 aromatic carbocycles. The van der Waals surface area contributed by atoms with Gasteiger partial charge in [0.05, 0.1) is 4.92 Å². The molecular weight excluding hydrogens is 317 g/mol. The molecule has 0 spiro atoms. The summed E-state index contributed by atoms with van der Waals surface area (Å²) in [6.45, 7) is 2.29. The molecule has 0 atom stereocenters. The number of halogens is 1. The molecule has 3 nitrogen and oxygen atoms in total. The SMILES string of the molecule is CCC[C@H]1CC[C@H]([C@H]2CC[C@H](c3ccc([N+](=O)[O-])c(F)c3)CC2)CC1. The van der Waals surface area contributed by atoms with Gasteiger partial charge in [-0.25, -0.2) is 0 Å². The number of benzene rings is 1. The molecular formula is C21H30FNO2. The number of hydrogen-bond acceptors (Lipinski definition) is 2. The van der Waals surface area contributed by atoms with E-state index in [1.807, 2.05) is 0 Å². The third-order valence-corrected chi connectivity index (χ3v) is 6.67. The highest BCUT2D eigenvalue weighted by atomic mass is 19.1. The van der Waals surface area contributed by atoms with Gasteiger partial charge in [0.2, 0.25) is 5.82 Å². The van der Waals surface area contributed by atoms with Crippen molar-refractivity contribution in [2.45, 2.75) is 77.0 Å². The fraction of sp³-hybridized carbons (Fsp3) is 0.714. The van der Waals surface area contributed by atoms with Gasteiger partial charge in [-0.3, -0.25) is 10.1 Å². The minimum absolute atomic E-state index is 0.364.